The van der Waals surface area contributed by atoms with Crippen LogP contribution in [0.1, 0.15) is 5.69 Å². The van der Waals surface area contributed by atoms with Gasteiger partial charge in [-0.2, -0.15) is 0 Å². The Hall–Kier alpha value is -1.38. The van der Waals surface area contributed by atoms with E-state index in [9.17, 15) is 0 Å². The molecule has 1 aromatic rings. The Balaban J connectivity index is 2.85. The van der Waals surface area contributed by atoms with Gasteiger partial charge in [0, 0.05) is 6.20 Å². The van der Waals surface area contributed by atoms with E-state index in [1.165, 1.54) is 12.5 Å². The summed E-state index contributed by atoms with van der Waals surface area (Å²) in [5.41, 5.74) is 5.95. The lowest BCUT2D eigenvalue weighted by atomic mass is 10.4. The van der Waals surface area contributed by atoms with Crippen molar-refractivity contribution >= 4 is 6.08 Å². The van der Waals surface area contributed by atoms with Gasteiger partial charge in [0.25, 0.3) is 0 Å². The highest BCUT2D eigenvalue weighted by molar-refractivity contribution is 5.41. The predicted molar refractivity (Wildman–Crippen MR) is 35.3 cm³/mol. The molecule has 0 radical (unpaired) electrons. The van der Waals surface area contributed by atoms with Crippen LogP contribution in [0, 0.1) is 0 Å². The molecule has 0 saturated heterocycles. The van der Waals surface area contributed by atoms with Gasteiger partial charge in [-0.3, -0.25) is 0 Å². The molecule has 0 aromatic carbocycles. The lowest BCUT2D eigenvalue weighted by molar-refractivity contribution is 1.15. The maximum atomic E-state index is 5.12. The molecule has 0 fully saturated rings. The minimum Gasteiger partial charge on any atom is -0.405 e. The summed E-state index contributed by atoms with van der Waals surface area (Å²) >= 11 is 0. The second-order valence-corrected chi connectivity index (χ2v) is 1.49. The van der Waals surface area contributed by atoms with Gasteiger partial charge < -0.3 is 5.73 Å². The van der Waals surface area contributed by atoms with Gasteiger partial charge in [0.2, 0.25) is 0 Å². The number of hydrogen-bond acceptors (Lipinski definition) is 3. The van der Waals surface area contributed by atoms with Gasteiger partial charge >= 0.3 is 0 Å². The molecule has 3 nitrogen and oxygen atoms in total. The van der Waals surface area contributed by atoms with Crippen LogP contribution in [0.5, 0.6) is 0 Å². The molecule has 1 aromatic heterocycles. The van der Waals surface area contributed by atoms with Gasteiger partial charge in [-0.15, -0.1) is 0 Å². The van der Waals surface area contributed by atoms with Gasteiger partial charge in [-0.05, 0) is 18.3 Å². The Bertz CT molecular complexity index is 193. The Labute approximate surface area is 53.3 Å². The van der Waals surface area contributed by atoms with Crippen molar-refractivity contribution < 1.29 is 0 Å². The normalized spacial score (nSPS) is 10.2. The molecule has 0 unspecified atom stereocenters. The SMILES string of the molecule is N/C=C/c1ccncn1. The first-order chi connectivity index (χ1) is 4.43. The van der Waals surface area contributed by atoms with E-state index in [-0.39, 0.29) is 0 Å². The first kappa shape index (κ1) is 5.75. The highest BCUT2D eigenvalue weighted by Crippen LogP contribution is 1.90. The van der Waals surface area contributed by atoms with E-state index in [0.717, 1.165) is 5.69 Å². The van der Waals surface area contributed by atoms with Crippen LogP contribution >= 0.6 is 0 Å². The number of nitrogens with zero attached hydrogens (tertiary/aromatic N) is 2. The largest absolute Gasteiger partial charge is 0.405 e. The zero-order chi connectivity index (χ0) is 6.53. The molecule has 9 heavy (non-hydrogen) atoms. The summed E-state index contributed by atoms with van der Waals surface area (Å²) in [4.78, 5) is 7.63. The third kappa shape index (κ3) is 1.53. The second-order valence-electron chi connectivity index (χ2n) is 1.49. The van der Waals surface area contributed by atoms with Crippen molar-refractivity contribution in [1.29, 1.82) is 0 Å². The summed E-state index contributed by atoms with van der Waals surface area (Å²) < 4.78 is 0. The highest BCUT2D eigenvalue weighted by atomic mass is 14.8. The molecule has 0 spiro atoms. The highest BCUT2D eigenvalue weighted by Gasteiger charge is 1.80. The van der Waals surface area contributed by atoms with Gasteiger partial charge in [0.15, 0.2) is 0 Å². The van der Waals surface area contributed by atoms with Gasteiger partial charge in [0.1, 0.15) is 6.33 Å². The van der Waals surface area contributed by atoms with Crippen LogP contribution in [-0.2, 0) is 0 Å². The molecular weight excluding hydrogens is 114 g/mol. The first-order valence-corrected chi connectivity index (χ1v) is 2.58. The van der Waals surface area contributed by atoms with Crippen molar-refractivity contribution in [2.45, 2.75) is 0 Å². The summed E-state index contributed by atoms with van der Waals surface area (Å²) in [6.07, 6.45) is 6.31. The van der Waals surface area contributed by atoms with Crippen LogP contribution in [0.4, 0.5) is 0 Å². The average molecular weight is 121 g/mol. The zero-order valence-corrected chi connectivity index (χ0v) is 4.86. The summed E-state index contributed by atoms with van der Waals surface area (Å²) in [5.74, 6) is 0. The molecule has 0 atom stereocenters. The summed E-state index contributed by atoms with van der Waals surface area (Å²) in [5, 5.41) is 0. The maximum absolute atomic E-state index is 5.12. The van der Waals surface area contributed by atoms with E-state index in [1.807, 2.05) is 0 Å². The number of hydrogen-bond donors (Lipinski definition) is 1. The molecule has 1 heterocycles. The molecule has 0 amide bonds. The smallest absolute Gasteiger partial charge is 0.115 e. The number of rotatable bonds is 1. The predicted octanol–water partition coefficient (Wildman–Crippen LogP) is 0.406. The molecule has 46 valence electrons. The lowest BCUT2D eigenvalue weighted by Gasteiger charge is -1.85. The first-order valence-electron chi connectivity index (χ1n) is 2.58. The fourth-order valence-corrected chi connectivity index (χ4v) is 0.498. The van der Waals surface area contributed by atoms with Crippen molar-refractivity contribution in [3.05, 3.63) is 30.5 Å². The summed E-state index contributed by atoms with van der Waals surface area (Å²) in [6.45, 7) is 0. The van der Waals surface area contributed by atoms with Crippen molar-refractivity contribution in [2.24, 2.45) is 5.73 Å². The van der Waals surface area contributed by atoms with Crippen LogP contribution in [0.25, 0.3) is 6.08 Å². The van der Waals surface area contributed by atoms with Crippen LogP contribution in [0.2, 0.25) is 0 Å². The van der Waals surface area contributed by atoms with E-state index >= 15 is 0 Å². The van der Waals surface area contributed by atoms with E-state index in [0.29, 0.717) is 0 Å². The standard InChI is InChI=1S/C6H7N3/c7-3-1-6-2-4-8-5-9-6/h1-5H,7H2/b3-1+. The molecule has 2 N–H and O–H groups in total. The molecular formula is C6H7N3. The molecule has 0 saturated carbocycles. The van der Waals surface area contributed by atoms with Gasteiger partial charge in [-0.1, -0.05) is 0 Å². The fraction of sp³-hybridized carbons (Fsp3) is 0. The third-order valence-corrected chi connectivity index (χ3v) is 0.872. The minimum atomic E-state index is 0.826. The Morgan fingerprint density at radius 2 is 2.44 bits per heavy atom. The van der Waals surface area contributed by atoms with Gasteiger partial charge in [-0.25, -0.2) is 9.97 Å². The summed E-state index contributed by atoms with van der Waals surface area (Å²) in [6, 6.07) is 1.78. The monoisotopic (exact) mass is 121 g/mol. The van der Waals surface area contributed by atoms with Gasteiger partial charge in [0.05, 0.1) is 5.69 Å². The van der Waals surface area contributed by atoms with E-state index in [4.69, 9.17) is 5.73 Å². The van der Waals surface area contributed by atoms with Crippen molar-refractivity contribution in [2.75, 3.05) is 0 Å². The summed E-state index contributed by atoms with van der Waals surface area (Å²) in [7, 11) is 0. The molecule has 0 aliphatic rings. The van der Waals surface area contributed by atoms with E-state index in [1.54, 1.807) is 18.3 Å². The number of aromatic nitrogens is 2. The average Bonchev–Trinajstić information content (AvgIpc) is 1.91. The van der Waals surface area contributed by atoms with Crippen LogP contribution in [-0.4, -0.2) is 9.97 Å². The Morgan fingerprint density at radius 3 is 3.00 bits per heavy atom. The van der Waals surface area contributed by atoms with E-state index in [2.05, 4.69) is 9.97 Å². The molecule has 0 bridgehead atoms. The molecule has 3 heteroatoms. The van der Waals surface area contributed by atoms with Crippen molar-refractivity contribution in [1.82, 2.24) is 9.97 Å². The van der Waals surface area contributed by atoms with E-state index < -0.39 is 0 Å². The maximum Gasteiger partial charge on any atom is 0.115 e. The Kier molecular flexibility index (Phi) is 1.80. The minimum absolute atomic E-state index is 0.826. The van der Waals surface area contributed by atoms with Crippen LogP contribution < -0.4 is 5.73 Å². The van der Waals surface area contributed by atoms with Crippen LogP contribution in [0.3, 0.4) is 0 Å². The lowest BCUT2D eigenvalue weighted by Crippen LogP contribution is -1.82. The second kappa shape index (κ2) is 2.81. The van der Waals surface area contributed by atoms with Crippen molar-refractivity contribution in [3.63, 3.8) is 0 Å². The Morgan fingerprint density at radius 1 is 1.56 bits per heavy atom. The molecule has 0 aliphatic heterocycles. The van der Waals surface area contributed by atoms with Crippen molar-refractivity contribution in [3.8, 4) is 0 Å². The number of nitrogens with two attached hydrogens (primary N) is 1. The third-order valence-electron chi connectivity index (χ3n) is 0.872. The zero-order valence-electron chi connectivity index (χ0n) is 4.86. The molecule has 0 aliphatic carbocycles. The topological polar surface area (TPSA) is 51.8 Å². The molecule has 1 rings (SSSR count). The van der Waals surface area contributed by atoms with Crippen LogP contribution in [0.15, 0.2) is 24.8 Å². The quantitative estimate of drug-likeness (QED) is 0.585. The fourth-order valence-electron chi connectivity index (χ4n) is 0.498.